The van der Waals surface area contributed by atoms with E-state index in [1.807, 2.05) is 0 Å². The monoisotopic (exact) mass is 386 g/mol. The van der Waals surface area contributed by atoms with Gasteiger partial charge in [0.15, 0.2) is 0 Å². The van der Waals surface area contributed by atoms with Crippen molar-refractivity contribution in [2.75, 3.05) is 13.2 Å². The van der Waals surface area contributed by atoms with E-state index in [0.29, 0.717) is 47.2 Å². The number of phenolic OH excluding ortho intramolecular Hbond substituents is 2. The second kappa shape index (κ2) is 10.5. The fraction of sp³-hybridized carbons (Fsp3) is 0.455. The van der Waals surface area contributed by atoms with Crippen molar-refractivity contribution >= 4 is 11.4 Å². The summed E-state index contributed by atoms with van der Waals surface area (Å²) in [5, 5.41) is 28.9. The van der Waals surface area contributed by atoms with Crippen molar-refractivity contribution in [2.24, 2.45) is 10.2 Å². The molecule has 6 heteroatoms. The molecule has 0 amide bonds. The van der Waals surface area contributed by atoms with E-state index >= 15 is 0 Å². The first-order chi connectivity index (χ1) is 13.5. The van der Waals surface area contributed by atoms with E-state index in [4.69, 9.17) is 9.47 Å². The summed E-state index contributed by atoms with van der Waals surface area (Å²) in [6.45, 7) is 8.97. The van der Waals surface area contributed by atoms with Gasteiger partial charge in [-0.15, -0.1) is 10.2 Å². The van der Waals surface area contributed by atoms with E-state index in [-0.39, 0.29) is 11.5 Å². The molecule has 0 unspecified atom stereocenters. The number of aryl methyl sites for hydroxylation is 2. The molecule has 2 N–H and O–H groups in total. The van der Waals surface area contributed by atoms with Crippen molar-refractivity contribution in [3.05, 3.63) is 35.4 Å². The molecule has 0 fully saturated rings. The highest BCUT2D eigenvalue weighted by Crippen LogP contribution is 2.39. The van der Waals surface area contributed by atoms with E-state index in [9.17, 15) is 10.2 Å². The molecule has 0 saturated heterocycles. The number of aromatic hydroxyl groups is 2. The standard InChI is InChI=1S/C22H30N2O4/c1-5-7-9-27-17-11-15(3)21(25)19(13-17)23-24-20-14-18(28-10-8-6-2)12-16(4)22(20)26/h11-14,25-26H,5-10H2,1-4H3/b24-23+. The van der Waals surface area contributed by atoms with Gasteiger partial charge in [0.25, 0.3) is 0 Å². The SMILES string of the molecule is CCCCOc1cc(C)c(O)c(/N=N/c2cc(OCCCC)cc(C)c2O)c1. The van der Waals surface area contributed by atoms with E-state index in [1.165, 1.54) is 0 Å². The molecule has 28 heavy (non-hydrogen) atoms. The van der Waals surface area contributed by atoms with Gasteiger partial charge in [-0.25, -0.2) is 0 Å². The first-order valence-corrected chi connectivity index (χ1v) is 9.80. The Hall–Kier alpha value is -2.76. The molecule has 0 atom stereocenters. The number of hydrogen-bond acceptors (Lipinski definition) is 6. The van der Waals surface area contributed by atoms with Gasteiger partial charge in [-0.3, -0.25) is 0 Å². The van der Waals surface area contributed by atoms with E-state index in [2.05, 4.69) is 24.1 Å². The summed E-state index contributed by atoms with van der Waals surface area (Å²) in [6.07, 6.45) is 3.99. The van der Waals surface area contributed by atoms with Gasteiger partial charge in [-0.1, -0.05) is 26.7 Å². The molecule has 0 aliphatic carbocycles. The molecular weight excluding hydrogens is 356 g/mol. The summed E-state index contributed by atoms with van der Waals surface area (Å²) in [6, 6.07) is 6.83. The normalized spacial score (nSPS) is 11.1. The Morgan fingerprint density at radius 2 is 1.11 bits per heavy atom. The third-order valence-electron chi connectivity index (χ3n) is 4.31. The molecule has 0 spiro atoms. The maximum atomic E-state index is 10.3. The van der Waals surface area contributed by atoms with Crippen LogP contribution < -0.4 is 9.47 Å². The first kappa shape index (κ1) is 21.5. The molecule has 0 saturated carbocycles. The topological polar surface area (TPSA) is 83.6 Å². The van der Waals surface area contributed by atoms with Crippen molar-refractivity contribution in [3.63, 3.8) is 0 Å². The molecule has 2 aromatic carbocycles. The lowest BCUT2D eigenvalue weighted by molar-refractivity contribution is 0.308. The van der Waals surface area contributed by atoms with Crippen molar-refractivity contribution in [3.8, 4) is 23.0 Å². The van der Waals surface area contributed by atoms with Gasteiger partial charge in [0.1, 0.15) is 34.4 Å². The lowest BCUT2D eigenvalue weighted by Crippen LogP contribution is -1.96. The molecule has 152 valence electrons. The number of ether oxygens (including phenoxy) is 2. The van der Waals surface area contributed by atoms with Crippen LogP contribution in [-0.2, 0) is 0 Å². The summed E-state index contributed by atoms with van der Waals surface area (Å²) in [5.41, 5.74) is 1.89. The number of nitrogens with zero attached hydrogens (tertiary/aromatic N) is 2. The van der Waals surface area contributed by atoms with E-state index in [1.54, 1.807) is 38.1 Å². The van der Waals surface area contributed by atoms with Gasteiger partial charge in [0, 0.05) is 12.1 Å². The van der Waals surface area contributed by atoms with Crippen LogP contribution in [0.5, 0.6) is 23.0 Å². The van der Waals surface area contributed by atoms with Crippen LogP contribution in [0, 0.1) is 13.8 Å². The second-order valence-electron chi connectivity index (χ2n) is 6.82. The highest BCUT2D eigenvalue weighted by Gasteiger charge is 2.11. The quantitative estimate of drug-likeness (QED) is 0.361. The van der Waals surface area contributed by atoms with Gasteiger partial charge in [-0.2, -0.15) is 0 Å². The minimum absolute atomic E-state index is 0.0400. The Labute approximate surface area is 166 Å². The average Bonchev–Trinajstić information content (AvgIpc) is 2.67. The number of hydrogen-bond donors (Lipinski definition) is 2. The molecular formula is C22H30N2O4. The van der Waals surface area contributed by atoms with Gasteiger partial charge < -0.3 is 19.7 Å². The molecule has 0 aromatic heterocycles. The van der Waals surface area contributed by atoms with Gasteiger partial charge in [-0.05, 0) is 49.9 Å². The average molecular weight is 386 g/mol. The summed E-state index contributed by atoms with van der Waals surface area (Å²) in [5.74, 6) is 1.35. The fourth-order valence-electron chi connectivity index (χ4n) is 2.55. The zero-order valence-electron chi connectivity index (χ0n) is 17.2. The van der Waals surface area contributed by atoms with Crippen molar-refractivity contribution < 1.29 is 19.7 Å². The van der Waals surface area contributed by atoms with Crippen molar-refractivity contribution in [2.45, 2.75) is 53.4 Å². The first-order valence-electron chi connectivity index (χ1n) is 9.80. The Morgan fingerprint density at radius 3 is 1.46 bits per heavy atom. The Balaban J connectivity index is 2.26. The third-order valence-corrected chi connectivity index (χ3v) is 4.31. The molecule has 2 aromatic rings. The second-order valence-corrected chi connectivity index (χ2v) is 6.82. The summed E-state index contributed by atoms with van der Waals surface area (Å²) in [7, 11) is 0. The van der Waals surface area contributed by atoms with Crippen LogP contribution in [0.15, 0.2) is 34.5 Å². The van der Waals surface area contributed by atoms with Crippen LogP contribution in [0.3, 0.4) is 0 Å². The lowest BCUT2D eigenvalue weighted by atomic mass is 10.2. The molecule has 0 radical (unpaired) electrons. The number of rotatable bonds is 10. The van der Waals surface area contributed by atoms with Gasteiger partial charge in [0.05, 0.1) is 13.2 Å². The Kier molecular flexibility index (Phi) is 8.11. The highest BCUT2D eigenvalue weighted by atomic mass is 16.5. The minimum atomic E-state index is 0.0400. The van der Waals surface area contributed by atoms with Crippen LogP contribution in [0.25, 0.3) is 0 Å². The van der Waals surface area contributed by atoms with E-state index in [0.717, 1.165) is 25.7 Å². The van der Waals surface area contributed by atoms with Gasteiger partial charge in [0.2, 0.25) is 0 Å². The van der Waals surface area contributed by atoms with Crippen LogP contribution in [0.1, 0.15) is 50.7 Å². The smallest absolute Gasteiger partial charge is 0.146 e. The maximum Gasteiger partial charge on any atom is 0.146 e. The van der Waals surface area contributed by atoms with Crippen molar-refractivity contribution in [1.82, 2.24) is 0 Å². The van der Waals surface area contributed by atoms with Crippen molar-refractivity contribution in [1.29, 1.82) is 0 Å². The summed E-state index contributed by atoms with van der Waals surface area (Å²) >= 11 is 0. The Morgan fingerprint density at radius 1 is 0.714 bits per heavy atom. The molecule has 0 aliphatic rings. The predicted octanol–water partition coefficient (Wildman–Crippen LogP) is 6.49. The predicted molar refractivity (Wildman–Crippen MR) is 111 cm³/mol. The number of phenols is 2. The highest BCUT2D eigenvalue weighted by molar-refractivity contribution is 5.61. The van der Waals surface area contributed by atoms with E-state index < -0.39 is 0 Å². The summed E-state index contributed by atoms with van der Waals surface area (Å²) < 4.78 is 11.4. The fourth-order valence-corrected chi connectivity index (χ4v) is 2.55. The number of benzene rings is 2. The maximum absolute atomic E-state index is 10.3. The van der Waals surface area contributed by atoms with Crippen LogP contribution >= 0.6 is 0 Å². The number of azo groups is 1. The Bertz CT molecular complexity index is 751. The van der Waals surface area contributed by atoms with Crippen LogP contribution in [0.2, 0.25) is 0 Å². The zero-order valence-corrected chi connectivity index (χ0v) is 17.2. The minimum Gasteiger partial charge on any atom is -0.505 e. The third kappa shape index (κ3) is 5.87. The largest absolute Gasteiger partial charge is 0.505 e. The van der Waals surface area contributed by atoms with Gasteiger partial charge >= 0.3 is 0 Å². The van der Waals surface area contributed by atoms with Crippen LogP contribution in [0.4, 0.5) is 11.4 Å². The molecule has 0 bridgehead atoms. The molecule has 6 nitrogen and oxygen atoms in total. The lowest BCUT2D eigenvalue weighted by Gasteiger charge is -2.10. The molecule has 0 aliphatic heterocycles. The molecule has 0 heterocycles. The van der Waals surface area contributed by atoms with Crippen LogP contribution in [-0.4, -0.2) is 23.4 Å². The zero-order chi connectivity index (χ0) is 20.5. The number of unbranched alkanes of at least 4 members (excludes halogenated alkanes) is 2. The molecule has 2 rings (SSSR count). The summed E-state index contributed by atoms with van der Waals surface area (Å²) in [4.78, 5) is 0.